The van der Waals surface area contributed by atoms with Gasteiger partial charge in [-0.05, 0) is 58.4 Å². The van der Waals surface area contributed by atoms with Gasteiger partial charge in [-0.3, -0.25) is 0 Å². The summed E-state index contributed by atoms with van der Waals surface area (Å²) in [5, 5.41) is 0. The molecule has 0 saturated carbocycles. The topological polar surface area (TPSA) is 60.2 Å². The molecule has 0 aliphatic heterocycles. The van der Waals surface area contributed by atoms with E-state index in [1.54, 1.807) is 30.3 Å². The minimum atomic E-state index is -3.54. The highest BCUT2D eigenvalue weighted by Gasteiger charge is 2.20. The van der Waals surface area contributed by atoms with Crippen molar-refractivity contribution in [3.8, 4) is 0 Å². The third-order valence-corrected chi connectivity index (χ3v) is 5.63. The van der Waals surface area contributed by atoms with Gasteiger partial charge in [0.1, 0.15) is 0 Å². The zero-order valence-electron chi connectivity index (χ0n) is 9.10. The Morgan fingerprint density at radius 1 is 0.944 bits per heavy atom. The first-order valence-electron chi connectivity index (χ1n) is 4.97. The Balaban J connectivity index is 2.61. The van der Waals surface area contributed by atoms with E-state index in [2.05, 4.69) is 31.9 Å². The lowest BCUT2D eigenvalue weighted by atomic mass is 10.3. The maximum absolute atomic E-state index is 12.4. The molecule has 0 radical (unpaired) electrons. The van der Waals surface area contributed by atoms with E-state index in [-0.39, 0.29) is 9.79 Å². The molecule has 6 heteroatoms. The van der Waals surface area contributed by atoms with E-state index >= 15 is 0 Å². The molecule has 3 nitrogen and oxygen atoms in total. The van der Waals surface area contributed by atoms with Gasteiger partial charge in [0.15, 0.2) is 0 Å². The molecule has 0 aromatic heterocycles. The molecule has 0 spiro atoms. The summed E-state index contributed by atoms with van der Waals surface area (Å²) in [5.41, 5.74) is 6.08. The largest absolute Gasteiger partial charge is 0.399 e. The second-order valence-corrected chi connectivity index (χ2v) is 7.34. The minimum Gasteiger partial charge on any atom is -0.399 e. The van der Waals surface area contributed by atoms with Crippen LogP contribution in [0.2, 0.25) is 0 Å². The van der Waals surface area contributed by atoms with E-state index in [1.807, 2.05) is 0 Å². The van der Waals surface area contributed by atoms with Crippen LogP contribution in [0.3, 0.4) is 0 Å². The van der Waals surface area contributed by atoms with Gasteiger partial charge in [-0.25, -0.2) is 8.42 Å². The van der Waals surface area contributed by atoms with Crippen molar-refractivity contribution in [1.82, 2.24) is 0 Å². The zero-order valence-corrected chi connectivity index (χ0v) is 13.1. The maximum Gasteiger partial charge on any atom is 0.207 e. The number of nitrogen functional groups attached to an aromatic ring is 1. The molecule has 94 valence electrons. The van der Waals surface area contributed by atoms with E-state index in [1.165, 1.54) is 12.1 Å². The van der Waals surface area contributed by atoms with E-state index in [0.717, 1.165) is 0 Å². The summed E-state index contributed by atoms with van der Waals surface area (Å²) in [6, 6.07) is 11.2. The quantitative estimate of drug-likeness (QED) is 0.796. The number of benzene rings is 2. The van der Waals surface area contributed by atoms with Crippen molar-refractivity contribution in [2.24, 2.45) is 0 Å². The van der Waals surface area contributed by atoms with Crippen molar-refractivity contribution < 1.29 is 8.42 Å². The van der Waals surface area contributed by atoms with E-state index < -0.39 is 9.84 Å². The third-order valence-electron chi connectivity index (χ3n) is 2.37. The van der Waals surface area contributed by atoms with Crippen LogP contribution in [0.15, 0.2) is 61.2 Å². The Hall–Kier alpha value is -0.850. The van der Waals surface area contributed by atoms with Crippen LogP contribution in [0, 0.1) is 0 Å². The summed E-state index contributed by atoms with van der Waals surface area (Å²) in [4.78, 5) is 0.442. The molecule has 0 fully saturated rings. The summed E-state index contributed by atoms with van der Waals surface area (Å²) in [7, 11) is -3.54. The molecular weight excluding hydrogens is 382 g/mol. The Morgan fingerprint density at radius 3 is 2.17 bits per heavy atom. The van der Waals surface area contributed by atoms with Gasteiger partial charge >= 0.3 is 0 Å². The highest BCUT2D eigenvalue weighted by Crippen LogP contribution is 2.30. The summed E-state index contributed by atoms with van der Waals surface area (Å²) < 4.78 is 26.1. The molecule has 18 heavy (non-hydrogen) atoms. The predicted molar refractivity (Wildman–Crippen MR) is 78.1 cm³/mol. The summed E-state index contributed by atoms with van der Waals surface area (Å²) in [5.74, 6) is 0. The smallest absolute Gasteiger partial charge is 0.207 e. The van der Waals surface area contributed by atoms with Crippen LogP contribution in [-0.2, 0) is 9.84 Å². The average Bonchev–Trinajstić information content (AvgIpc) is 2.32. The Kier molecular flexibility index (Phi) is 3.79. The molecule has 2 N–H and O–H groups in total. The number of hydrogen-bond donors (Lipinski definition) is 1. The first-order valence-corrected chi connectivity index (χ1v) is 8.04. The number of nitrogens with two attached hydrogens (primary N) is 1. The maximum atomic E-state index is 12.4. The number of hydrogen-bond acceptors (Lipinski definition) is 3. The molecule has 0 aliphatic carbocycles. The van der Waals surface area contributed by atoms with Crippen LogP contribution in [0.25, 0.3) is 0 Å². The van der Waals surface area contributed by atoms with E-state index in [4.69, 9.17) is 5.73 Å². The minimum absolute atomic E-state index is 0.218. The fourth-order valence-corrected chi connectivity index (χ4v) is 4.21. The first kappa shape index (κ1) is 13.6. The second kappa shape index (κ2) is 5.03. The number of halogens is 2. The molecule has 0 aliphatic rings. The lowest BCUT2D eigenvalue weighted by Gasteiger charge is -2.07. The van der Waals surface area contributed by atoms with Gasteiger partial charge in [0.05, 0.1) is 9.79 Å². The summed E-state index contributed by atoms with van der Waals surface area (Å²) in [6.45, 7) is 0. The van der Waals surface area contributed by atoms with Crippen LogP contribution in [0.1, 0.15) is 0 Å². The van der Waals surface area contributed by atoms with Gasteiger partial charge in [0, 0.05) is 14.6 Å². The van der Waals surface area contributed by atoms with Gasteiger partial charge in [-0.1, -0.05) is 15.9 Å². The lowest BCUT2D eigenvalue weighted by molar-refractivity contribution is 0.595. The Bertz CT molecular complexity index is 682. The van der Waals surface area contributed by atoms with Crippen molar-refractivity contribution >= 4 is 47.4 Å². The average molecular weight is 391 g/mol. The standard InChI is InChI=1S/C12H9Br2NO2S/c13-8-1-6-11(14)12(7-8)18(16,17)10-4-2-9(15)3-5-10/h1-7H,15H2. The first-order chi connectivity index (χ1) is 8.41. The van der Waals surface area contributed by atoms with Crippen LogP contribution >= 0.6 is 31.9 Å². The third kappa shape index (κ3) is 2.60. The fraction of sp³-hybridized carbons (Fsp3) is 0. The molecule has 0 heterocycles. The highest BCUT2D eigenvalue weighted by atomic mass is 79.9. The Labute approximate surface area is 122 Å². The summed E-state index contributed by atoms with van der Waals surface area (Å²) in [6.07, 6.45) is 0. The van der Waals surface area contributed by atoms with Crippen molar-refractivity contribution in [1.29, 1.82) is 0 Å². The summed E-state index contributed by atoms with van der Waals surface area (Å²) >= 11 is 6.52. The molecule has 2 rings (SSSR count). The van der Waals surface area contributed by atoms with Gasteiger partial charge in [0.25, 0.3) is 0 Å². The molecule has 0 atom stereocenters. The predicted octanol–water partition coefficient (Wildman–Crippen LogP) is 3.63. The highest BCUT2D eigenvalue weighted by molar-refractivity contribution is 9.11. The molecule has 0 unspecified atom stereocenters. The van der Waals surface area contributed by atoms with Crippen LogP contribution < -0.4 is 5.73 Å². The van der Waals surface area contributed by atoms with Crippen molar-refractivity contribution in [2.75, 3.05) is 5.73 Å². The Morgan fingerprint density at radius 2 is 1.56 bits per heavy atom. The van der Waals surface area contributed by atoms with Crippen molar-refractivity contribution in [3.63, 3.8) is 0 Å². The number of rotatable bonds is 2. The van der Waals surface area contributed by atoms with E-state index in [0.29, 0.717) is 14.6 Å². The fourth-order valence-electron chi connectivity index (χ4n) is 1.46. The monoisotopic (exact) mass is 389 g/mol. The second-order valence-electron chi connectivity index (χ2n) is 3.65. The van der Waals surface area contributed by atoms with Crippen LogP contribution in [0.4, 0.5) is 5.69 Å². The molecule has 0 amide bonds. The van der Waals surface area contributed by atoms with Crippen LogP contribution in [0.5, 0.6) is 0 Å². The molecule has 0 bridgehead atoms. The number of sulfone groups is 1. The van der Waals surface area contributed by atoms with Crippen LogP contribution in [-0.4, -0.2) is 8.42 Å². The van der Waals surface area contributed by atoms with Gasteiger partial charge in [-0.2, -0.15) is 0 Å². The zero-order chi connectivity index (χ0) is 13.3. The lowest BCUT2D eigenvalue weighted by Crippen LogP contribution is -2.03. The van der Waals surface area contributed by atoms with Crippen molar-refractivity contribution in [3.05, 3.63) is 51.4 Å². The SMILES string of the molecule is Nc1ccc(S(=O)(=O)c2cc(Br)ccc2Br)cc1. The van der Waals surface area contributed by atoms with E-state index in [9.17, 15) is 8.42 Å². The molecule has 2 aromatic rings. The normalized spacial score (nSPS) is 11.4. The molecular formula is C12H9Br2NO2S. The van der Waals surface area contributed by atoms with Gasteiger partial charge in [-0.15, -0.1) is 0 Å². The number of anilines is 1. The van der Waals surface area contributed by atoms with Gasteiger partial charge in [0.2, 0.25) is 9.84 Å². The van der Waals surface area contributed by atoms with Crippen molar-refractivity contribution in [2.45, 2.75) is 9.79 Å². The molecule has 0 saturated heterocycles. The van der Waals surface area contributed by atoms with Gasteiger partial charge < -0.3 is 5.73 Å². The molecule has 2 aromatic carbocycles.